The molecule has 36 heavy (non-hydrogen) atoms. The maximum absolute atomic E-state index is 12.9. The van der Waals surface area contributed by atoms with Gasteiger partial charge in [-0.15, -0.1) is 23.1 Å². The van der Waals surface area contributed by atoms with Crippen LogP contribution < -0.4 is 11.1 Å². The van der Waals surface area contributed by atoms with Crippen molar-refractivity contribution in [1.29, 1.82) is 0 Å². The van der Waals surface area contributed by atoms with Crippen molar-refractivity contribution in [2.45, 2.75) is 38.0 Å². The second-order valence-electron chi connectivity index (χ2n) is 7.49. The average molecular weight is 545 g/mol. The number of hydrogen-bond donors (Lipinski definition) is 2. The van der Waals surface area contributed by atoms with E-state index in [1.54, 1.807) is 25.4 Å². The van der Waals surface area contributed by atoms with Crippen LogP contribution in [0.5, 0.6) is 0 Å². The number of thioether (sulfide) groups is 1. The molecular weight excluding hydrogens is 520 g/mol. The largest absolute Gasteiger partial charge is 0.508 e. The smallest absolute Gasteiger partial charge is 0.457 e. The van der Waals surface area contributed by atoms with E-state index >= 15 is 0 Å². The van der Waals surface area contributed by atoms with Crippen molar-refractivity contribution in [3.8, 4) is 0 Å². The number of esters is 1. The summed E-state index contributed by atoms with van der Waals surface area (Å²) in [5.41, 5.74) is 5.18. The number of alkyl carbamates (subject to hydrolysis) is 1. The first-order chi connectivity index (χ1) is 17.2. The number of aromatic nitrogens is 1. The SMILES string of the molecule is CC(C)OC(=O)OCCOC(=O)C1=C(COC(N)=O)CS[C@@H]2[C@H](NC(=O)OCc3nccs3)C(=O)N12. The molecule has 1 saturated heterocycles. The van der Waals surface area contributed by atoms with Crippen molar-refractivity contribution in [1.82, 2.24) is 15.2 Å². The molecule has 16 heteroatoms. The van der Waals surface area contributed by atoms with Gasteiger partial charge in [0.1, 0.15) is 48.5 Å². The molecule has 1 aromatic heterocycles. The predicted octanol–water partition coefficient (Wildman–Crippen LogP) is 1.11. The summed E-state index contributed by atoms with van der Waals surface area (Å²) < 4.78 is 24.6. The number of amides is 3. The van der Waals surface area contributed by atoms with Gasteiger partial charge in [0.15, 0.2) is 0 Å². The van der Waals surface area contributed by atoms with Crippen molar-refractivity contribution in [3.63, 3.8) is 0 Å². The van der Waals surface area contributed by atoms with Crippen LogP contribution in [0.2, 0.25) is 0 Å². The molecule has 1 fully saturated rings. The highest BCUT2D eigenvalue weighted by Gasteiger charge is 2.54. The fraction of sp³-hybridized carbons (Fsp3) is 0.500. The van der Waals surface area contributed by atoms with Gasteiger partial charge in [-0.3, -0.25) is 9.69 Å². The Bertz CT molecular complexity index is 1030. The summed E-state index contributed by atoms with van der Waals surface area (Å²) in [5.74, 6) is -1.29. The summed E-state index contributed by atoms with van der Waals surface area (Å²) in [6, 6.07) is -0.950. The Morgan fingerprint density at radius 2 is 1.92 bits per heavy atom. The molecule has 3 rings (SSSR count). The lowest BCUT2D eigenvalue weighted by molar-refractivity contribution is -0.152. The number of primary amides is 1. The summed E-state index contributed by atoms with van der Waals surface area (Å²) in [6.07, 6.45) is -1.60. The van der Waals surface area contributed by atoms with E-state index in [-0.39, 0.29) is 44.0 Å². The molecule has 0 bridgehead atoms. The van der Waals surface area contributed by atoms with Crippen molar-refractivity contribution in [3.05, 3.63) is 27.9 Å². The number of carbonyl (C=O) groups is 5. The van der Waals surface area contributed by atoms with E-state index in [0.29, 0.717) is 10.6 Å². The van der Waals surface area contributed by atoms with Crippen molar-refractivity contribution in [2.24, 2.45) is 5.73 Å². The summed E-state index contributed by atoms with van der Waals surface area (Å²) >= 11 is 2.55. The lowest BCUT2D eigenvalue weighted by Crippen LogP contribution is -2.70. The van der Waals surface area contributed by atoms with Gasteiger partial charge in [-0.2, -0.15) is 0 Å². The summed E-state index contributed by atoms with van der Waals surface area (Å²) in [5, 5.41) is 4.19. The minimum absolute atomic E-state index is 0.0508. The first-order valence-electron chi connectivity index (χ1n) is 10.6. The summed E-state index contributed by atoms with van der Waals surface area (Å²) in [4.78, 5) is 65.5. The standard InChI is InChI=1S/C20H24N4O10S2/c1-10(2)34-20(29)31-5-4-30-17(26)14-11(7-32-18(21)27)9-36-16-13(15(25)24(14)16)23-19(28)33-8-12-22-3-6-35-12/h3,6,10,13,16H,4-5,7-9H2,1-2H3,(H2,21,27)(H,23,28)/t13-,16-/m1/s1. The van der Waals surface area contributed by atoms with Crippen LogP contribution in [0.3, 0.4) is 0 Å². The van der Waals surface area contributed by atoms with E-state index in [1.807, 2.05) is 0 Å². The normalized spacial score (nSPS) is 18.6. The summed E-state index contributed by atoms with van der Waals surface area (Å²) in [6.45, 7) is 2.31. The molecule has 2 atom stereocenters. The van der Waals surface area contributed by atoms with Crippen molar-refractivity contribution >= 4 is 53.3 Å². The molecular formula is C20H24N4O10S2. The monoisotopic (exact) mass is 544 g/mol. The van der Waals surface area contributed by atoms with E-state index in [0.717, 1.165) is 4.90 Å². The molecule has 3 heterocycles. The summed E-state index contributed by atoms with van der Waals surface area (Å²) in [7, 11) is 0. The molecule has 0 spiro atoms. The maximum atomic E-state index is 12.9. The molecule has 0 aromatic carbocycles. The van der Waals surface area contributed by atoms with Crippen LogP contribution in [-0.2, 0) is 39.9 Å². The van der Waals surface area contributed by atoms with E-state index in [2.05, 4.69) is 10.3 Å². The van der Waals surface area contributed by atoms with Crippen molar-refractivity contribution < 1.29 is 47.7 Å². The topological polar surface area (TPSA) is 186 Å². The molecule has 0 saturated carbocycles. The molecule has 3 N–H and O–H groups in total. The zero-order chi connectivity index (χ0) is 26.2. The van der Waals surface area contributed by atoms with Gasteiger partial charge in [-0.05, 0) is 13.8 Å². The Morgan fingerprint density at radius 1 is 1.17 bits per heavy atom. The minimum Gasteiger partial charge on any atom is -0.457 e. The van der Waals surface area contributed by atoms with E-state index in [9.17, 15) is 24.0 Å². The molecule has 0 radical (unpaired) electrons. The number of thiazole rings is 1. The molecule has 2 aliphatic heterocycles. The van der Waals surface area contributed by atoms with Gasteiger partial charge in [0, 0.05) is 22.9 Å². The van der Waals surface area contributed by atoms with Crippen LogP contribution in [-0.4, -0.2) is 83.2 Å². The van der Waals surface area contributed by atoms with Gasteiger partial charge in [0.05, 0.1) is 6.10 Å². The van der Waals surface area contributed by atoms with Gasteiger partial charge in [0.2, 0.25) is 0 Å². The third kappa shape index (κ3) is 7.00. The second kappa shape index (κ2) is 12.4. The van der Waals surface area contributed by atoms with Crippen LogP contribution in [0.25, 0.3) is 0 Å². The van der Waals surface area contributed by atoms with Crippen LogP contribution in [0.4, 0.5) is 14.4 Å². The van der Waals surface area contributed by atoms with Gasteiger partial charge in [0.25, 0.3) is 5.91 Å². The van der Waals surface area contributed by atoms with Gasteiger partial charge in [-0.25, -0.2) is 24.2 Å². The van der Waals surface area contributed by atoms with Gasteiger partial charge >= 0.3 is 24.3 Å². The maximum Gasteiger partial charge on any atom is 0.508 e. The number of fused-ring (bicyclic) bond motifs is 1. The average Bonchev–Trinajstić information content (AvgIpc) is 3.35. The van der Waals surface area contributed by atoms with E-state index in [1.165, 1.54) is 23.1 Å². The van der Waals surface area contributed by atoms with Gasteiger partial charge in [-0.1, -0.05) is 0 Å². The lowest BCUT2D eigenvalue weighted by atomic mass is 10.0. The Balaban J connectivity index is 1.61. The number of ether oxygens (including phenoxy) is 5. The van der Waals surface area contributed by atoms with E-state index < -0.39 is 41.6 Å². The molecule has 2 aliphatic rings. The zero-order valence-corrected chi connectivity index (χ0v) is 20.9. The Hall–Kier alpha value is -3.53. The fourth-order valence-corrected chi connectivity index (χ4v) is 4.97. The highest BCUT2D eigenvalue weighted by molar-refractivity contribution is 8.00. The van der Waals surface area contributed by atoms with Crippen LogP contribution >= 0.6 is 23.1 Å². The van der Waals surface area contributed by atoms with E-state index in [4.69, 9.17) is 29.4 Å². The highest BCUT2D eigenvalue weighted by Crippen LogP contribution is 2.40. The first kappa shape index (κ1) is 27.1. The zero-order valence-electron chi connectivity index (χ0n) is 19.3. The third-order valence-electron chi connectivity index (χ3n) is 4.58. The fourth-order valence-electron chi connectivity index (χ4n) is 3.12. The Morgan fingerprint density at radius 3 is 2.58 bits per heavy atom. The number of nitrogens with one attached hydrogen (secondary N) is 1. The number of carbonyl (C=O) groups excluding carboxylic acids is 5. The molecule has 1 aromatic rings. The Kier molecular flexibility index (Phi) is 9.35. The molecule has 3 amide bonds. The molecule has 14 nitrogen and oxygen atoms in total. The molecule has 0 unspecified atom stereocenters. The molecule has 0 aliphatic carbocycles. The number of β-lactam (4-membered cyclic amide) rings is 1. The number of rotatable bonds is 10. The number of nitrogens with two attached hydrogens (primary N) is 1. The number of hydrogen-bond acceptors (Lipinski definition) is 13. The van der Waals surface area contributed by atoms with Crippen LogP contribution in [0.15, 0.2) is 22.8 Å². The minimum atomic E-state index is -1.06. The third-order valence-corrected chi connectivity index (χ3v) is 6.67. The Labute approximate surface area is 213 Å². The van der Waals surface area contributed by atoms with Crippen LogP contribution in [0.1, 0.15) is 18.9 Å². The van der Waals surface area contributed by atoms with Crippen LogP contribution in [0, 0.1) is 0 Å². The van der Waals surface area contributed by atoms with Gasteiger partial charge < -0.3 is 34.7 Å². The quantitative estimate of drug-likeness (QED) is 0.185. The number of nitrogens with zero attached hydrogens (tertiary/aromatic N) is 2. The first-order valence-corrected chi connectivity index (χ1v) is 12.5. The van der Waals surface area contributed by atoms with Crippen molar-refractivity contribution in [2.75, 3.05) is 25.6 Å². The lowest BCUT2D eigenvalue weighted by Gasteiger charge is -2.49. The predicted molar refractivity (Wildman–Crippen MR) is 123 cm³/mol. The molecule has 196 valence electrons. The second-order valence-corrected chi connectivity index (χ2v) is 9.58. The highest BCUT2D eigenvalue weighted by atomic mass is 32.2.